The third kappa shape index (κ3) is 2.80. The van der Waals surface area contributed by atoms with E-state index >= 15 is 0 Å². The van der Waals surface area contributed by atoms with Crippen LogP contribution in [-0.4, -0.2) is 28.3 Å². The van der Waals surface area contributed by atoms with Gasteiger partial charge in [-0.25, -0.2) is 9.78 Å². The quantitative estimate of drug-likeness (QED) is 0.846. The maximum atomic E-state index is 11.4. The van der Waals surface area contributed by atoms with E-state index in [2.05, 4.69) is 25.2 Å². The zero-order valence-corrected chi connectivity index (χ0v) is 10.8. The summed E-state index contributed by atoms with van der Waals surface area (Å²) in [6.07, 6.45) is 1.62. The van der Waals surface area contributed by atoms with Gasteiger partial charge in [0.2, 0.25) is 0 Å². The first kappa shape index (κ1) is 12.4. The van der Waals surface area contributed by atoms with Crippen LogP contribution in [-0.2, 0) is 11.3 Å². The molecule has 0 unspecified atom stereocenters. The van der Waals surface area contributed by atoms with E-state index in [0.717, 1.165) is 10.6 Å². The minimum atomic E-state index is -0.420. The van der Waals surface area contributed by atoms with Gasteiger partial charge in [-0.2, -0.15) is 10.2 Å². The number of nitrogens with one attached hydrogen (secondary N) is 1. The Morgan fingerprint density at radius 2 is 2.39 bits per heavy atom. The Kier molecular flexibility index (Phi) is 3.83. The van der Waals surface area contributed by atoms with Crippen molar-refractivity contribution in [1.29, 1.82) is 0 Å². The van der Waals surface area contributed by atoms with Crippen LogP contribution in [0.3, 0.4) is 0 Å². The first-order valence-electron chi connectivity index (χ1n) is 5.27. The molecule has 0 radical (unpaired) electrons. The number of methoxy groups -OCH3 is 1. The first-order valence-corrected chi connectivity index (χ1v) is 6.08. The monoisotopic (exact) mass is 264 g/mol. The summed E-state index contributed by atoms with van der Waals surface area (Å²) in [6.45, 7) is 2.35. The molecule has 18 heavy (non-hydrogen) atoms. The van der Waals surface area contributed by atoms with E-state index in [-0.39, 0.29) is 0 Å². The molecule has 0 aromatic carbocycles. The van der Waals surface area contributed by atoms with Crippen LogP contribution in [0.25, 0.3) is 0 Å². The van der Waals surface area contributed by atoms with Gasteiger partial charge in [-0.05, 0) is 19.1 Å². The highest BCUT2D eigenvalue weighted by Gasteiger charge is 2.15. The first-order chi connectivity index (χ1) is 8.70. The summed E-state index contributed by atoms with van der Waals surface area (Å²) in [6, 6.07) is 3.68. The van der Waals surface area contributed by atoms with Crippen LogP contribution in [0.15, 0.2) is 18.3 Å². The number of aromatic nitrogens is 3. The largest absolute Gasteiger partial charge is 0.464 e. The fraction of sp³-hybridized carbons (Fsp3) is 0.273. The number of esters is 1. The Hall–Kier alpha value is -2.02. The lowest BCUT2D eigenvalue weighted by Crippen LogP contribution is -2.05. The minimum absolute atomic E-state index is 0.351. The van der Waals surface area contributed by atoms with Crippen molar-refractivity contribution in [3.8, 4) is 0 Å². The Morgan fingerprint density at radius 3 is 3.06 bits per heavy atom. The fourth-order valence-electron chi connectivity index (χ4n) is 1.35. The number of anilines is 1. The van der Waals surface area contributed by atoms with Gasteiger partial charge in [-0.1, -0.05) is 0 Å². The summed E-state index contributed by atoms with van der Waals surface area (Å²) in [5.74, 6) is -0.420. The van der Waals surface area contributed by atoms with Crippen molar-refractivity contribution in [3.63, 3.8) is 0 Å². The smallest absolute Gasteiger partial charge is 0.357 e. The van der Waals surface area contributed by atoms with Crippen molar-refractivity contribution in [2.24, 2.45) is 0 Å². The molecule has 0 amide bonds. The van der Waals surface area contributed by atoms with Gasteiger partial charge in [0.25, 0.3) is 0 Å². The van der Waals surface area contributed by atoms with Crippen LogP contribution in [0.1, 0.15) is 21.1 Å². The van der Waals surface area contributed by atoms with Gasteiger partial charge in [-0.3, -0.25) is 0 Å². The molecule has 2 aromatic heterocycles. The fourth-order valence-corrected chi connectivity index (χ4v) is 2.15. The molecule has 0 spiro atoms. The lowest BCUT2D eigenvalue weighted by molar-refractivity contribution is 0.0594. The van der Waals surface area contributed by atoms with Gasteiger partial charge in [0.05, 0.1) is 19.3 Å². The number of thiazole rings is 1. The Labute approximate surface area is 108 Å². The Bertz CT molecular complexity index is 541. The molecule has 7 heteroatoms. The third-order valence-corrected chi connectivity index (χ3v) is 3.15. The maximum Gasteiger partial charge on any atom is 0.357 e. The van der Waals surface area contributed by atoms with Gasteiger partial charge in [0.1, 0.15) is 0 Å². The van der Waals surface area contributed by atoms with Crippen LogP contribution in [0.5, 0.6) is 0 Å². The van der Waals surface area contributed by atoms with Crippen LogP contribution < -0.4 is 5.32 Å². The van der Waals surface area contributed by atoms with E-state index in [1.165, 1.54) is 18.4 Å². The molecule has 94 valence electrons. The van der Waals surface area contributed by atoms with Gasteiger partial charge in [0, 0.05) is 11.1 Å². The standard InChI is InChI=1S/C11H12N4O2S/c1-7-9(10(16)17-2)14-11(18-7)12-6-8-4-3-5-13-15-8/h3-5H,6H2,1-2H3,(H,12,14). The van der Waals surface area contributed by atoms with Crippen LogP contribution in [0.4, 0.5) is 5.13 Å². The highest BCUT2D eigenvalue weighted by atomic mass is 32.1. The molecule has 2 heterocycles. The van der Waals surface area contributed by atoms with Crippen LogP contribution in [0, 0.1) is 6.92 Å². The van der Waals surface area contributed by atoms with Crippen LogP contribution >= 0.6 is 11.3 Å². The van der Waals surface area contributed by atoms with Crippen molar-refractivity contribution < 1.29 is 9.53 Å². The molecule has 0 aliphatic carbocycles. The Balaban J connectivity index is 2.05. The molecule has 1 N–H and O–H groups in total. The highest BCUT2D eigenvalue weighted by molar-refractivity contribution is 7.15. The number of ether oxygens (including phenoxy) is 1. The molecule has 0 atom stereocenters. The van der Waals surface area contributed by atoms with Gasteiger partial charge in [-0.15, -0.1) is 11.3 Å². The lowest BCUT2D eigenvalue weighted by Gasteiger charge is -2.00. The second kappa shape index (κ2) is 5.54. The predicted molar refractivity (Wildman–Crippen MR) is 67.5 cm³/mol. The van der Waals surface area contributed by atoms with Crippen molar-refractivity contribution in [1.82, 2.24) is 15.2 Å². The van der Waals surface area contributed by atoms with E-state index in [0.29, 0.717) is 17.4 Å². The number of hydrogen-bond acceptors (Lipinski definition) is 7. The van der Waals surface area contributed by atoms with E-state index in [1.54, 1.807) is 6.20 Å². The van der Waals surface area contributed by atoms with E-state index in [4.69, 9.17) is 0 Å². The van der Waals surface area contributed by atoms with E-state index < -0.39 is 5.97 Å². The maximum absolute atomic E-state index is 11.4. The minimum Gasteiger partial charge on any atom is -0.464 e. The van der Waals surface area contributed by atoms with Crippen molar-refractivity contribution in [2.75, 3.05) is 12.4 Å². The molecule has 0 saturated heterocycles. The molecule has 0 saturated carbocycles. The van der Waals surface area contributed by atoms with Gasteiger partial charge < -0.3 is 10.1 Å². The average Bonchev–Trinajstić information content (AvgIpc) is 2.78. The predicted octanol–water partition coefficient (Wildman–Crippen LogP) is 1.64. The van der Waals surface area contributed by atoms with Crippen molar-refractivity contribution in [2.45, 2.75) is 13.5 Å². The zero-order chi connectivity index (χ0) is 13.0. The normalized spacial score (nSPS) is 10.1. The van der Waals surface area contributed by atoms with E-state index in [9.17, 15) is 4.79 Å². The van der Waals surface area contributed by atoms with Crippen LogP contribution in [0.2, 0.25) is 0 Å². The molecular weight excluding hydrogens is 252 g/mol. The molecule has 0 aliphatic rings. The molecule has 0 aliphatic heterocycles. The molecule has 0 fully saturated rings. The molecule has 6 nitrogen and oxygen atoms in total. The summed E-state index contributed by atoms with van der Waals surface area (Å²) < 4.78 is 4.65. The second-order valence-corrected chi connectivity index (χ2v) is 4.69. The summed E-state index contributed by atoms with van der Waals surface area (Å²) in [5, 5.41) is 11.5. The van der Waals surface area contributed by atoms with Gasteiger partial charge in [0.15, 0.2) is 10.8 Å². The zero-order valence-electron chi connectivity index (χ0n) is 10.0. The van der Waals surface area contributed by atoms with E-state index in [1.807, 2.05) is 19.1 Å². The average molecular weight is 264 g/mol. The number of rotatable bonds is 4. The number of hydrogen-bond donors (Lipinski definition) is 1. The van der Waals surface area contributed by atoms with Crippen molar-refractivity contribution in [3.05, 3.63) is 34.6 Å². The molecule has 0 bridgehead atoms. The summed E-state index contributed by atoms with van der Waals surface area (Å²) in [5.41, 5.74) is 1.16. The van der Waals surface area contributed by atoms with Crippen molar-refractivity contribution >= 4 is 22.4 Å². The number of carbonyl (C=O) groups is 1. The summed E-state index contributed by atoms with van der Waals surface area (Å²) in [7, 11) is 1.34. The summed E-state index contributed by atoms with van der Waals surface area (Å²) >= 11 is 1.41. The molecular formula is C11H12N4O2S. The number of aryl methyl sites for hydroxylation is 1. The lowest BCUT2D eigenvalue weighted by atomic mass is 10.4. The number of carbonyl (C=O) groups excluding carboxylic acids is 1. The Morgan fingerprint density at radius 1 is 1.56 bits per heavy atom. The SMILES string of the molecule is COC(=O)c1nc(NCc2cccnn2)sc1C. The van der Waals surface area contributed by atoms with Gasteiger partial charge >= 0.3 is 5.97 Å². The highest BCUT2D eigenvalue weighted by Crippen LogP contribution is 2.22. The topological polar surface area (TPSA) is 77.0 Å². The summed E-state index contributed by atoms with van der Waals surface area (Å²) in [4.78, 5) is 16.4. The molecule has 2 rings (SSSR count). The number of nitrogens with zero attached hydrogens (tertiary/aromatic N) is 3. The second-order valence-electron chi connectivity index (χ2n) is 3.48. The third-order valence-electron chi connectivity index (χ3n) is 2.22. The molecule has 2 aromatic rings.